The Morgan fingerprint density at radius 3 is 2.16 bits per heavy atom. The number of piperidine rings is 1. The van der Waals surface area contributed by atoms with Gasteiger partial charge in [0.25, 0.3) is 15.9 Å². The molecule has 0 spiro atoms. The Morgan fingerprint density at radius 1 is 0.935 bits per heavy atom. The van der Waals surface area contributed by atoms with Gasteiger partial charge in [0.15, 0.2) is 11.5 Å². The second-order valence-electron chi connectivity index (χ2n) is 7.51. The van der Waals surface area contributed by atoms with E-state index >= 15 is 0 Å². The fraction of sp³-hybridized carbons (Fsp3) is 0.409. The fourth-order valence-electron chi connectivity index (χ4n) is 3.52. The van der Waals surface area contributed by atoms with Gasteiger partial charge in [-0.2, -0.15) is 0 Å². The van der Waals surface area contributed by atoms with Crippen LogP contribution in [0.4, 0.5) is 5.69 Å². The smallest absolute Gasteiger partial charge is 0.261 e. The van der Waals surface area contributed by atoms with E-state index in [1.165, 1.54) is 45.6 Å². The molecular weight excluding hydrogens is 420 g/mol. The van der Waals surface area contributed by atoms with Gasteiger partial charge >= 0.3 is 0 Å². The highest BCUT2D eigenvalue weighted by Crippen LogP contribution is 2.32. The molecule has 0 bridgehead atoms. The van der Waals surface area contributed by atoms with Crippen molar-refractivity contribution in [2.45, 2.75) is 24.7 Å². The summed E-state index contributed by atoms with van der Waals surface area (Å²) in [5.41, 5.74) is 0.540. The van der Waals surface area contributed by atoms with Gasteiger partial charge in [-0.1, -0.05) is 6.92 Å². The van der Waals surface area contributed by atoms with E-state index in [-0.39, 0.29) is 16.4 Å². The summed E-state index contributed by atoms with van der Waals surface area (Å²) >= 11 is 0. The Balaban J connectivity index is 1.89. The molecule has 0 unspecified atom stereocenters. The van der Waals surface area contributed by atoms with Crippen LogP contribution in [-0.2, 0) is 10.0 Å². The lowest BCUT2D eigenvalue weighted by Gasteiger charge is -2.30. The summed E-state index contributed by atoms with van der Waals surface area (Å²) in [6.07, 6.45) is 1.85. The molecule has 168 valence electrons. The number of methoxy groups -OCH3 is 3. The number of nitrogens with zero attached hydrogens (tertiary/aromatic N) is 1. The maximum atomic E-state index is 13.1. The first-order valence-electron chi connectivity index (χ1n) is 10.0. The van der Waals surface area contributed by atoms with Crippen molar-refractivity contribution >= 4 is 21.6 Å². The molecule has 2 aromatic rings. The number of carbonyl (C=O) groups excluding carboxylic acids is 1. The summed E-state index contributed by atoms with van der Waals surface area (Å²) in [7, 11) is 0.479. The van der Waals surface area contributed by atoms with Crippen LogP contribution in [0.5, 0.6) is 17.2 Å². The lowest BCUT2D eigenvalue weighted by molar-refractivity contribution is 0.0693. The van der Waals surface area contributed by atoms with Gasteiger partial charge in [-0.15, -0.1) is 0 Å². The molecule has 0 atom stereocenters. The highest BCUT2D eigenvalue weighted by Gasteiger charge is 2.26. The summed E-state index contributed by atoms with van der Waals surface area (Å²) in [5, 5.41) is 0. The van der Waals surface area contributed by atoms with Crippen LogP contribution in [-0.4, -0.2) is 53.6 Å². The van der Waals surface area contributed by atoms with E-state index in [4.69, 9.17) is 14.2 Å². The first kappa shape index (κ1) is 22.7. The molecule has 0 radical (unpaired) electrons. The molecule has 1 fully saturated rings. The molecule has 9 heteroatoms. The maximum Gasteiger partial charge on any atom is 0.261 e. The largest absolute Gasteiger partial charge is 0.496 e. The number of likely N-dealkylation sites (tertiary alicyclic amines) is 1. The van der Waals surface area contributed by atoms with E-state index in [9.17, 15) is 13.2 Å². The number of hydrogen-bond acceptors (Lipinski definition) is 6. The summed E-state index contributed by atoms with van der Waals surface area (Å²) in [6.45, 7) is 3.45. The molecule has 1 saturated heterocycles. The van der Waals surface area contributed by atoms with Crippen LogP contribution in [0.2, 0.25) is 0 Å². The standard InChI is InChI=1S/C22H28N2O6S/c1-15-9-11-24(12-10-15)22(25)18-14-17(6-8-19(18)28-2)31(26,27)23-16-5-7-20(29-3)21(13-16)30-4/h5-8,13-15,23H,9-12H2,1-4H3. The number of ether oxygens (including phenoxy) is 3. The quantitative estimate of drug-likeness (QED) is 0.698. The topological polar surface area (TPSA) is 94.2 Å². The van der Waals surface area contributed by atoms with Crippen LogP contribution < -0.4 is 18.9 Å². The van der Waals surface area contributed by atoms with E-state index in [0.29, 0.717) is 41.9 Å². The summed E-state index contributed by atoms with van der Waals surface area (Å²) in [4.78, 5) is 14.8. The number of anilines is 1. The molecule has 31 heavy (non-hydrogen) atoms. The van der Waals surface area contributed by atoms with E-state index in [1.54, 1.807) is 17.0 Å². The van der Waals surface area contributed by atoms with Gasteiger partial charge in [-0.3, -0.25) is 9.52 Å². The molecule has 1 heterocycles. The summed E-state index contributed by atoms with van der Waals surface area (Å²) in [5.74, 6) is 1.57. The zero-order valence-electron chi connectivity index (χ0n) is 18.2. The van der Waals surface area contributed by atoms with Gasteiger partial charge in [0.05, 0.1) is 37.5 Å². The van der Waals surface area contributed by atoms with Crippen LogP contribution in [0, 0.1) is 5.92 Å². The normalized spacial score (nSPS) is 14.8. The average molecular weight is 449 g/mol. The van der Waals surface area contributed by atoms with Crippen LogP contribution in [0.3, 0.4) is 0 Å². The predicted octanol–water partition coefficient (Wildman–Crippen LogP) is 3.39. The number of hydrogen-bond donors (Lipinski definition) is 1. The van der Waals surface area contributed by atoms with Crippen molar-refractivity contribution in [3.8, 4) is 17.2 Å². The van der Waals surface area contributed by atoms with Crippen molar-refractivity contribution in [3.05, 3.63) is 42.0 Å². The summed E-state index contributed by atoms with van der Waals surface area (Å²) < 4.78 is 44.3. The predicted molar refractivity (Wildman–Crippen MR) is 118 cm³/mol. The first-order valence-corrected chi connectivity index (χ1v) is 11.5. The van der Waals surface area contributed by atoms with Crippen molar-refractivity contribution in [2.24, 2.45) is 5.92 Å². The number of amides is 1. The lowest BCUT2D eigenvalue weighted by atomic mass is 9.98. The molecule has 1 aliphatic heterocycles. The van der Waals surface area contributed by atoms with Gasteiger partial charge in [0.1, 0.15) is 5.75 Å². The molecular formula is C22H28N2O6S. The van der Waals surface area contributed by atoms with Crippen LogP contribution in [0.1, 0.15) is 30.1 Å². The van der Waals surface area contributed by atoms with Crippen molar-refractivity contribution in [3.63, 3.8) is 0 Å². The Hall–Kier alpha value is -2.94. The van der Waals surface area contributed by atoms with Gasteiger partial charge in [0, 0.05) is 19.2 Å². The summed E-state index contributed by atoms with van der Waals surface area (Å²) in [6, 6.07) is 8.99. The Kier molecular flexibility index (Phi) is 6.94. The molecule has 1 N–H and O–H groups in total. The fourth-order valence-corrected chi connectivity index (χ4v) is 4.59. The monoisotopic (exact) mass is 448 g/mol. The number of carbonyl (C=O) groups is 1. The van der Waals surface area contributed by atoms with E-state index in [1.807, 2.05) is 0 Å². The minimum Gasteiger partial charge on any atom is -0.496 e. The van der Waals surface area contributed by atoms with Crippen LogP contribution in [0.25, 0.3) is 0 Å². The van der Waals surface area contributed by atoms with Gasteiger partial charge in [-0.05, 0) is 49.1 Å². The minimum atomic E-state index is -3.95. The van der Waals surface area contributed by atoms with Crippen molar-refractivity contribution in [1.29, 1.82) is 0 Å². The van der Waals surface area contributed by atoms with Crippen LogP contribution in [0.15, 0.2) is 41.3 Å². The Labute approximate surface area is 183 Å². The second-order valence-corrected chi connectivity index (χ2v) is 9.19. The molecule has 0 saturated carbocycles. The SMILES string of the molecule is COc1ccc(NS(=O)(=O)c2ccc(OC)c(C(=O)N3CCC(C)CC3)c2)cc1OC. The number of rotatable bonds is 7. The van der Waals surface area contributed by atoms with Gasteiger partial charge in [-0.25, -0.2) is 8.42 Å². The number of nitrogens with one attached hydrogen (secondary N) is 1. The maximum absolute atomic E-state index is 13.1. The van der Waals surface area contributed by atoms with Crippen molar-refractivity contribution in [1.82, 2.24) is 4.90 Å². The van der Waals surface area contributed by atoms with Crippen LogP contribution >= 0.6 is 0 Å². The van der Waals surface area contributed by atoms with E-state index in [0.717, 1.165) is 12.8 Å². The van der Waals surface area contributed by atoms with E-state index < -0.39 is 10.0 Å². The average Bonchev–Trinajstić information content (AvgIpc) is 2.78. The van der Waals surface area contributed by atoms with E-state index in [2.05, 4.69) is 11.6 Å². The number of benzene rings is 2. The first-order chi connectivity index (χ1) is 14.8. The third kappa shape index (κ3) is 5.04. The lowest BCUT2D eigenvalue weighted by Crippen LogP contribution is -2.38. The molecule has 0 aromatic heterocycles. The zero-order valence-corrected chi connectivity index (χ0v) is 19.0. The Morgan fingerprint density at radius 2 is 1.55 bits per heavy atom. The zero-order chi connectivity index (χ0) is 22.6. The highest BCUT2D eigenvalue weighted by molar-refractivity contribution is 7.92. The molecule has 3 rings (SSSR count). The van der Waals surface area contributed by atoms with Gasteiger partial charge < -0.3 is 19.1 Å². The molecule has 2 aromatic carbocycles. The van der Waals surface area contributed by atoms with Crippen molar-refractivity contribution < 1.29 is 27.4 Å². The minimum absolute atomic E-state index is 0.0307. The van der Waals surface area contributed by atoms with Gasteiger partial charge in [0.2, 0.25) is 0 Å². The molecule has 1 amide bonds. The van der Waals surface area contributed by atoms with Crippen molar-refractivity contribution in [2.75, 3.05) is 39.1 Å². The third-order valence-corrected chi connectivity index (χ3v) is 6.80. The molecule has 1 aliphatic rings. The molecule has 8 nitrogen and oxygen atoms in total. The highest BCUT2D eigenvalue weighted by atomic mass is 32.2. The molecule has 0 aliphatic carbocycles. The third-order valence-electron chi connectivity index (χ3n) is 5.42. The second kappa shape index (κ2) is 9.47. The Bertz CT molecular complexity index is 1050. The number of sulfonamides is 1.